The maximum absolute atomic E-state index is 6.13. The molecule has 1 aromatic rings. The van der Waals surface area contributed by atoms with Crippen molar-refractivity contribution in [3.8, 4) is 5.75 Å². The van der Waals surface area contributed by atoms with Crippen LogP contribution in [0.4, 0.5) is 0 Å². The van der Waals surface area contributed by atoms with E-state index in [-0.39, 0.29) is 18.2 Å². The molecule has 1 aliphatic carbocycles. The summed E-state index contributed by atoms with van der Waals surface area (Å²) in [5.41, 5.74) is 5.93. The molecule has 4 nitrogen and oxygen atoms in total. The van der Waals surface area contributed by atoms with Crippen molar-refractivity contribution in [2.45, 2.75) is 24.7 Å². The van der Waals surface area contributed by atoms with Crippen LogP contribution in [0.1, 0.15) is 6.42 Å². The van der Waals surface area contributed by atoms with Crippen molar-refractivity contribution in [2.75, 3.05) is 20.3 Å². The highest BCUT2D eigenvalue weighted by atomic mass is 79.9. The minimum atomic E-state index is -0.149. The lowest BCUT2D eigenvalue weighted by atomic mass is 9.86. The Morgan fingerprint density at radius 2 is 2.05 bits per heavy atom. The summed E-state index contributed by atoms with van der Waals surface area (Å²) in [6.07, 6.45) is 0.460. The van der Waals surface area contributed by atoms with Crippen LogP contribution in [0, 0.1) is 0 Å². The summed E-state index contributed by atoms with van der Waals surface area (Å²) in [4.78, 5) is 0. The van der Waals surface area contributed by atoms with E-state index in [1.54, 1.807) is 19.2 Å². The highest BCUT2D eigenvalue weighted by molar-refractivity contribution is 9.10. The summed E-state index contributed by atoms with van der Waals surface area (Å²) in [7, 11) is 1.63. The lowest BCUT2D eigenvalue weighted by molar-refractivity contribution is -0.107. The van der Waals surface area contributed by atoms with E-state index in [0.717, 1.165) is 10.9 Å². The topological polar surface area (TPSA) is 53.7 Å². The van der Waals surface area contributed by atoms with Crippen LogP contribution in [0.15, 0.2) is 16.6 Å². The fourth-order valence-corrected chi connectivity index (χ4v) is 2.82. The fourth-order valence-electron chi connectivity index (χ4n) is 1.99. The first kappa shape index (κ1) is 16.3. The van der Waals surface area contributed by atoms with Gasteiger partial charge in [-0.1, -0.05) is 23.2 Å². The minimum absolute atomic E-state index is 0.0263. The molecule has 3 unspecified atom stereocenters. The number of nitrogens with two attached hydrogens (primary N) is 1. The van der Waals surface area contributed by atoms with Crippen LogP contribution in [0.5, 0.6) is 5.75 Å². The molecule has 0 aliphatic heterocycles. The molecular formula is C13H16BrCl2NO3. The predicted molar refractivity (Wildman–Crippen MR) is 82.8 cm³/mol. The van der Waals surface area contributed by atoms with Gasteiger partial charge in [-0.3, -0.25) is 0 Å². The van der Waals surface area contributed by atoms with E-state index in [1.807, 2.05) is 0 Å². The summed E-state index contributed by atoms with van der Waals surface area (Å²) < 4.78 is 17.2. The van der Waals surface area contributed by atoms with Crippen LogP contribution in [0.25, 0.3) is 0 Å². The van der Waals surface area contributed by atoms with Gasteiger partial charge in [0.05, 0.1) is 23.3 Å². The van der Waals surface area contributed by atoms with E-state index >= 15 is 0 Å². The van der Waals surface area contributed by atoms with Gasteiger partial charge in [0, 0.05) is 30.1 Å². The third-order valence-corrected chi connectivity index (χ3v) is 4.64. The third kappa shape index (κ3) is 3.78. The second-order valence-corrected chi connectivity index (χ2v) is 6.25. The van der Waals surface area contributed by atoms with Crippen molar-refractivity contribution in [1.82, 2.24) is 0 Å². The van der Waals surface area contributed by atoms with E-state index in [9.17, 15) is 0 Å². The van der Waals surface area contributed by atoms with Crippen molar-refractivity contribution in [1.29, 1.82) is 0 Å². The molecule has 1 aromatic carbocycles. The number of hydrogen-bond donors (Lipinski definition) is 1. The molecule has 0 saturated heterocycles. The first-order valence-electron chi connectivity index (χ1n) is 6.20. The molecule has 0 heterocycles. The molecule has 2 N–H and O–H groups in total. The fraction of sp³-hybridized carbons (Fsp3) is 0.538. The van der Waals surface area contributed by atoms with Crippen LogP contribution < -0.4 is 10.5 Å². The maximum Gasteiger partial charge on any atom is 0.140 e. The van der Waals surface area contributed by atoms with Crippen molar-refractivity contribution >= 4 is 39.1 Å². The minimum Gasteiger partial charge on any atom is -0.486 e. The largest absolute Gasteiger partial charge is 0.486 e. The molecule has 20 heavy (non-hydrogen) atoms. The van der Waals surface area contributed by atoms with Crippen LogP contribution in [-0.4, -0.2) is 38.6 Å². The summed E-state index contributed by atoms with van der Waals surface area (Å²) in [6, 6.07) is 3.37. The van der Waals surface area contributed by atoms with Gasteiger partial charge in [-0.15, -0.1) is 0 Å². The number of ether oxygens (including phenoxy) is 3. The first-order chi connectivity index (χ1) is 9.52. The number of benzene rings is 1. The monoisotopic (exact) mass is 383 g/mol. The average Bonchev–Trinajstić information content (AvgIpc) is 2.40. The van der Waals surface area contributed by atoms with Crippen molar-refractivity contribution in [3.05, 3.63) is 26.7 Å². The van der Waals surface area contributed by atoms with Gasteiger partial charge in [-0.05, 0) is 22.0 Å². The normalized spacial score (nSPS) is 25.4. The SMILES string of the molecule is COCCOC1C(N)CC1Oc1cc(Cl)c(Br)cc1Cl. The highest BCUT2D eigenvalue weighted by Crippen LogP contribution is 2.37. The predicted octanol–water partition coefficient (Wildman–Crippen LogP) is 3.27. The zero-order valence-corrected chi connectivity index (χ0v) is 14.0. The van der Waals surface area contributed by atoms with E-state index in [1.165, 1.54) is 0 Å². The third-order valence-electron chi connectivity index (χ3n) is 3.14. The second kappa shape index (κ2) is 7.29. The highest BCUT2D eigenvalue weighted by Gasteiger charge is 2.41. The smallest absolute Gasteiger partial charge is 0.140 e. The second-order valence-electron chi connectivity index (χ2n) is 4.58. The molecule has 1 aliphatic rings. The Morgan fingerprint density at radius 1 is 1.30 bits per heavy atom. The Morgan fingerprint density at radius 3 is 2.70 bits per heavy atom. The van der Waals surface area contributed by atoms with Crippen LogP contribution in [0.3, 0.4) is 0 Å². The molecule has 0 amide bonds. The van der Waals surface area contributed by atoms with E-state index in [4.69, 9.17) is 43.1 Å². The lowest BCUT2D eigenvalue weighted by Gasteiger charge is -2.41. The Bertz CT molecular complexity index is 475. The van der Waals surface area contributed by atoms with Crippen molar-refractivity contribution < 1.29 is 14.2 Å². The van der Waals surface area contributed by atoms with Crippen LogP contribution >= 0.6 is 39.1 Å². The molecule has 0 aromatic heterocycles. The zero-order valence-electron chi connectivity index (χ0n) is 10.9. The van der Waals surface area contributed by atoms with Gasteiger partial charge < -0.3 is 19.9 Å². The molecule has 0 radical (unpaired) electrons. The van der Waals surface area contributed by atoms with E-state index < -0.39 is 0 Å². The summed E-state index contributed by atoms with van der Waals surface area (Å²) in [5, 5.41) is 1.04. The van der Waals surface area contributed by atoms with Crippen LogP contribution in [0.2, 0.25) is 10.0 Å². The van der Waals surface area contributed by atoms with Crippen molar-refractivity contribution in [3.63, 3.8) is 0 Å². The molecule has 1 fully saturated rings. The number of rotatable bonds is 6. The van der Waals surface area contributed by atoms with Gasteiger partial charge >= 0.3 is 0 Å². The van der Waals surface area contributed by atoms with Crippen molar-refractivity contribution in [2.24, 2.45) is 5.73 Å². The Labute approximate surface area is 136 Å². The molecule has 0 bridgehead atoms. The van der Waals surface area contributed by atoms with Gasteiger partial charge in [0.1, 0.15) is 18.0 Å². The molecule has 7 heteroatoms. The number of hydrogen-bond acceptors (Lipinski definition) is 4. The molecular weight excluding hydrogens is 369 g/mol. The molecule has 0 spiro atoms. The van der Waals surface area contributed by atoms with Gasteiger partial charge in [0.15, 0.2) is 0 Å². The van der Waals surface area contributed by atoms with Gasteiger partial charge in [-0.25, -0.2) is 0 Å². The zero-order chi connectivity index (χ0) is 14.7. The number of halogens is 3. The summed E-state index contributed by atoms with van der Waals surface area (Å²) >= 11 is 15.5. The average molecular weight is 385 g/mol. The summed E-state index contributed by atoms with van der Waals surface area (Å²) in [6.45, 7) is 1.02. The van der Waals surface area contributed by atoms with E-state index in [2.05, 4.69) is 15.9 Å². The Hall–Kier alpha value is -0.0400. The molecule has 2 rings (SSSR count). The standard InChI is InChI=1S/C13H16BrCl2NO3/c1-18-2-3-19-13-10(17)6-12(13)20-11-5-8(15)7(14)4-9(11)16/h4-5,10,12-13H,2-3,6,17H2,1H3. The number of methoxy groups -OCH3 is 1. The van der Waals surface area contributed by atoms with Gasteiger partial charge in [0.2, 0.25) is 0 Å². The first-order valence-corrected chi connectivity index (χ1v) is 7.75. The van der Waals surface area contributed by atoms with Gasteiger partial charge in [-0.2, -0.15) is 0 Å². The molecule has 112 valence electrons. The maximum atomic E-state index is 6.13. The van der Waals surface area contributed by atoms with E-state index in [0.29, 0.717) is 29.0 Å². The van der Waals surface area contributed by atoms with Crippen LogP contribution in [-0.2, 0) is 9.47 Å². The summed E-state index contributed by atoms with van der Waals surface area (Å²) in [5.74, 6) is 0.539. The Kier molecular flexibility index (Phi) is 5.95. The lowest BCUT2D eigenvalue weighted by Crippen LogP contribution is -2.59. The Balaban J connectivity index is 1.97. The van der Waals surface area contributed by atoms with Gasteiger partial charge in [0.25, 0.3) is 0 Å². The molecule has 1 saturated carbocycles. The molecule has 3 atom stereocenters. The quantitative estimate of drug-likeness (QED) is 0.604.